The molecule has 0 N–H and O–H groups in total. The summed E-state index contributed by atoms with van der Waals surface area (Å²) in [5, 5.41) is 12.1. The largest absolute Gasteiger partial charge is 0.336 e. The number of fused-ring (bicyclic) bond motifs is 1. The molecule has 6 heteroatoms. The van der Waals surface area contributed by atoms with Crippen LogP contribution in [0.25, 0.3) is 10.9 Å². The topological polar surface area (TPSA) is 65.9 Å². The van der Waals surface area contributed by atoms with Crippen LogP contribution in [0.1, 0.15) is 19.0 Å². The summed E-state index contributed by atoms with van der Waals surface area (Å²) >= 11 is 0. The van der Waals surface area contributed by atoms with Crippen LogP contribution in [0, 0.1) is 10.1 Å². The van der Waals surface area contributed by atoms with Crippen LogP contribution in [0.15, 0.2) is 43.0 Å². The number of nitro benzene ring substituents is 1. The maximum Gasteiger partial charge on any atom is 0.293 e. The van der Waals surface area contributed by atoms with E-state index in [0.29, 0.717) is 12.1 Å². The second kappa shape index (κ2) is 5.40. The number of non-ortho nitro benzene ring substituents is 1. The van der Waals surface area contributed by atoms with Gasteiger partial charge in [0.1, 0.15) is 5.52 Å². The Morgan fingerprint density at radius 3 is 2.90 bits per heavy atom. The summed E-state index contributed by atoms with van der Waals surface area (Å²) < 4.78 is 4.00. The van der Waals surface area contributed by atoms with Gasteiger partial charge in [0, 0.05) is 30.4 Å². The molecule has 0 aliphatic carbocycles. The second-order valence-corrected chi connectivity index (χ2v) is 4.99. The third kappa shape index (κ3) is 2.40. The summed E-state index contributed by atoms with van der Waals surface area (Å²) in [6, 6.07) is 7.05. The molecule has 0 aliphatic rings. The molecule has 0 saturated carbocycles. The molecule has 0 radical (unpaired) electrons. The third-order valence-electron chi connectivity index (χ3n) is 3.56. The highest BCUT2D eigenvalue weighted by Gasteiger charge is 2.16. The Morgan fingerprint density at radius 2 is 2.14 bits per heavy atom. The Kier molecular flexibility index (Phi) is 3.43. The molecular formula is C15H16N4O2. The number of hydrogen-bond donors (Lipinski definition) is 0. The van der Waals surface area contributed by atoms with Gasteiger partial charge in [-0.15, -0.1) is 0 Å². The minimum absolute atomic E-state index is 0.138. The molecule has 0 atom stereocenters. The summed E-state index contributed by atoms with van der Waals surface area (Å²) in [6.07, 6.45) is 6.53. The van der Waals surface area contributed by atoms with Crippen molar-refractivity contribution >= 4 is 16.6 Å². The summed E-state index contributed by atoms with van der Waals surface area (Å²) in [5.41, 5.74) is 1.85. The first-order valence-electron chi connectivity index (χ1n) is 6.92. The van der Waals surface area contributed by atoms with Crippen LogP contribution in [-0.4, -0.2) is 19.0 Å². The average Bonchev–Trinajstić information content (AvgIpc) is 3.07. The van der Waals surface area contributed by atoms with E-state index in [9.17, 15) is 10.1 Å². The van der Waals surface area contributed by atoms with Crippen LogP contribution >= 0.6 is 0 Å². The van der Waals surface area contributed by atoms with E-state index in [2.05, 4.69) is 16.5 Å². The normalized spacial score (nSPS) is 11.1. The van der Waals surface area contributed by atoms with Crippen molar-refractivity contribution in [3.63, 3.8) is 0 Å². The van der Waals surface area contributed by atoms with Crippen molar-refractivity contribution < 1.29 is 4.92 Å². The van der Waals surface area contributed by atoms with E-state index >= 15 is 0 Å². The van der Waals surface area contributed by atoms with Crippen LogP contribution in [0.4, 0.5) is 5.69 Å². The minimum Gasteiger partial charge on any atom is -0.336 e. The van der Waals surface area contributed by atoms with Crippen molar-refractivity contribution in [3.8, 4) is 0 Å². The number of rotatable bonds is 5. The van der Waals surface area contributed by atoms with Gasteiger partial charge >= 0.3 is 0 Å². The zero-order chi connectivity index (χ0) is 14.8. The van der Waals surface area contributed by atoms with Gasteiger partial charge in [-0.25, -0.2) is 4.98 Å². The quantitative estimate of drug-likeness (QED) is 0.533. The molecule has 21 heavy (non-hydrogen) atoms. The number of aryl methyl sites for hydroxylation is 1. The van der Waals surface area contributed by atoms with Crippen molar-refractivity contribution in [1.29, 1.82) is 0 Å². The first-order valence-corrected chi connectivity index (χ1v) is 6.92. The van der Waals surface area contributed by atoms with E-state index in [1.165, 1.54) is 0 Å². The Hall–Kier alpha value is -2.63. The predicted molar refractivity (Wildman–Crippen MR) is 80.2 cm³/mol. The fraction of sp³-hybridized carbons (Fsp3) is 0.267. The van der Waals surface area contributed by atoms with Crippen molar-refractivity contribution in [2.75, 3.05) is 0 Å². The number of imidazole rings is 1. The van der Waals surface area contributed by atoms with E-state index in [1.807, 2.05) is 29.1 Å². The molecule has 2 aromatic heterocycles. The number of aromatic nitrogens is 3. The van der Waals surface area contributed by atoms with Crippen molar-refractivity contribution in [2.45, 2.75) is 26.4 Å². The molecule has 2 heterocycles. The van der Waals surface area contributed by atoms with Gasteiger partial charge in [0.15, 0.2) is 0 Å². The smallest absolute Gasteiger partial charge is 0.293 e. The van der Waals surface area contributed by atoms with Crippen molar-refractivity contribution in [1.82, 2.24) is 14.1 Å². The van der Waals surface area contributed by atoms with Gasteiger partial charge in [0.25, 0.3) is 5.69 Å². The molecule has 6 nitrogen and oxygen atoms in total. The van der Waals surface area contributed by atoms with E-state index < -0.39 is 0 Å². The van der Waals surface area contributed by atoms with Gasteiger partial charge < -0.3 is 9.13 Å². The van der Waals surface area contributed by atoms with Gasteiger partial charge in [-0.05, 0) is 12.5 Å². The summed E-state index contributed by atoms with van der Waals surface area (Å²) in [7, 11) is 0. The van der Waals surface area contributed by atoms with Gasteiger partial charge in [-0.3, -0.25) is 10.1 Å². The molecule has 0 amide bonds. The minimum atomic E-state index is -0.331. The molecule has 108 valence electrons. The molecular weight excluding hydrogens is 268 g/mol. The monoisotopic (exact) mass is 284 g/mol. The molecule has 1 aromatic carbocycles. The first-order chi connectivity index (χ1) is 10.2. The van der Waals surface area contributed by atoms with Crippen molar-refractivity contribution in [3.05, 3.63) is 58.8 Å². The van der Waals surface area contributed by atoms with Crippen LogP contribution in [0.2, 0.25) is 0 Å². The number of para-hydroxylation sites is 1. The SMILES string of the molecule is CCCn1cncc1Cn1ccc2cccc([N+](=O)[O-])c21. The molecule has 0 unspecified atom stereocenters. The number of nitrogens with zero attached hydrogens (tertiary/aromatic N) is 4. The van der Waals surface area contributed by atoms with Crippen LogP contribution in [-0.2, 0) is 13.1 Å². The summed E-state index contributed by atoms with van der Waals surface area (Å²) in [4.78, 5) is 15.1. The van der Waals surface area contributed by atoms with E-state index in [4.69, 9.17) is 0 Å². The molecule has 0 saturated heterocycles. The first kappa shape index (κ1) is 13.4. The Balaban J connectivity index is 2.05. The lowest BCUT2D eigenvalue weighted by Crippen LogP contribution is -2.07. The highest BCUT2D eigenvalue weighted by atomic mass is 16.6. The highest BCUT2D eigenvalue weighted by molar-refractivity contribution is 5.88. The lowest BCUT2D eigenvalue weighted by molar-refractivity contribution is -0.383. The zero-order valence-corrected chi connectivity index (χ0v) is 11.8. The molecule has 3 aromatic rings. The maximum atomic E-state index is 11.2. The van der Waals surface area contributed by atoms with Crippen LogP contribution < -0.4 is 0 Å². The Labute approximate surface area is 121 Å². The van der Waals surface area contributed by atoms with Gasteiger partial charge in [0.2, 0.25) is 0 Å². The van der Waals surface area contributed by atoms with Crippen LogP contribution in [0.3, 0.4) is 0 Å². The second-order valence-electron chi connectivity index (χ2n) is 4.99. The van der Waals surface area contributed by atoms with Gasteiger partial charge in [-0.2, -0.15) is 0 Å². The number of nitro groups is 1. The summed E-state index contributed by atoms with van der Waals surface area (Å²) in [6.45, 7) is 3.59. The molecule has 0 fully saturated rings. The standard InChI is InChI=1S/C15H16N4O2/c1-2-7-18-11-16-9-13(18)10-17-8-6-12-4-3-5-14(15(12)17)19(20)21/h3-6,8-9,11H,2,7,10H2,1H3. The highest BCUT2D eigenvalue weighted by Crippen LogP contribution is 2.27. The van der Waals surface area contributed by atoms with Gasteiger partial charge in [-0.1, -0.05) is 19.1 Å². The number of hydrogen-bond acceptors (Lipinski definition) is 3. The van der Waals surface area contributed by atoms with E-state index in [-0.39, 0.29) is 10.6 Å². The average molecular weight is 284 g/mol. The lowest BCUT2D eigenvalue weighted by Gasteiger charge is -2.09. The fourth-order valence-corrected chi connectivity index (χ4v) is 2.62. The van der Waals surface area contributed by atoms with Gasteiger partial charge in [0.05, 0.1) is 23.5 Å². The molecule has 3 rings (SSSR count). The van der Waals surface area contributed by atoms with Crippen molar-refractivity contribution in [2.24, 2.45) is 0 Å². The fourth-order valence-electron chi connectivity index (χ4n) is 2.62. The lowest BCUT2D eigenvalue weighted by atomic mass is 10.2. The third-order valence-corrected chi connectivity index (χ3v) is 3.56. The molecule has 0 spiro atoms. The molecule has 0 bridgehead atoms. The Bertz CT molecular complexity index is 788. The van der Waals surface area contributed by atoms with E-state index in [0.717, 1.165) is 24.0 Å². The predicted octanol–water partition coefficient (Wildman–Crippen LogP) is 3.20. The number of benzene rings is 1. The Morgan fingerprint density at radius 1 is 1.29 bits per heavy atom. The van der Waals surface area contributed by atoms with Crippen LogP contribution in [0.5, 0.6) is 0 Å². The maximum absolute atomic E-state index is 11.2. The zero-order valence-electron chi connectivity index (χ0n) is 11.8. The molecule has 0 aliphatic heterocycles. The van der Waals surface area contributed by atoms with E-state index in [1.54, 1.807) is 18.5 Å². The summed E-state index contributed by atoms with van der Waals surface area (Å²) in [5.74, 6) is 0.